The molecule has 1 N–H and O–H groups in total. The first-order valence-electron chi connectivity index (χ1n) is 12.3. The number of benzene rings is 3. The lowest BCUT2D eigenvalue weighted by molar-refractivity contribution is -0.274. The van der Waals surface area contributed by atoms with Crippen molar-refractivity contribution >= 4 is 22.7 Å². The summed E-state index contributed by atoms with van der Waals surface area (Å²) in [6, 6.07) is 15.7. The predicted octanol–water partition coefficient (Wildman–Crippen LogP) is 6.65. The molecule has 0 saturated heterocycles. The molecule has 0 bridgehead atoms. The number of aromatic nitrogens is 1. The smallest absolute Gasteiger partial charge is 0.497 e. The molecule has 1 aromatic heterocycles. The SMILES string of the molecule is COc1ccc(C(=O)c2c(C)n(-c3cccc(CC(OCC(F)(F)F)C(=O)O)c3)c3cc(OC(F)(F)F)ccc23)cc1. The van der Waals surface area contributed by atoms with Crippen molar-refractivity contribution in [3.63, 3.8) is 0 Å². The van der Waals surface area contributed by atoms with E-state index >= 15 is 0 Å². The summed E-state index contributed by atoms with van der Waals surface area (Å²) in [5, 5.41) is 9.69. The molecule has 13 heteroatoms. The number of alkyl halides is 6. The van der Waals surface area contributed by atoms with Gasteiger partial charge in [-0.05, 0) is 61.0 Å². The molecule has 4 rings (SSSR count). The minimum atomic E-state index is -4.98. The van der Waals surface area contributed by atoms with Crippen molar-refractivity contribution in [1.82, 2.24) is 4.57 Å². The van der Waals surface area contributed by atoms with Crippen molar-refractivity contribution in [3.05, 3.63) is 89.1 Å². The zero-order valence-electron chi connectivity index (χ0n) is 22.0. The van der Waals surface area contributed by atoms with Crippen LogP contribution in [0.2, 0.25) is 0 Å². The molecule has 0 radical (unpaired) electrons. The van der Waals surface area contributed by atoms with Crippen molar-refractivity contribution in [2.24, 2.45) is 0 Å². The zero-order chi connectivity index (χ0) is 30.8. The highest BCUT2D eigenvalue weighted by molar-refractivity contribution is 6.18. The van der Waals surface area contributed by atoms with E-state index < -0.39 is 49.2 Å². The third kappa shape index (κ3) is 7.03. The van der Waals surface area contributed by atoms with Gasteiger partial charge in [0.15, 0.2) is 11.9 Å². The molecule has 222 valence electrons. The average Bonchev–Trinajstić information content (AvgIpc) is 3.20. The minimum absolute atomic E-state index is 0.173. The molecule has 0 aliphatic carbocycles. The fourth-order valence-corrected chi connectivity index (χ4v) is 4.55. The first kappa shape index (κ1) is 30.4. The Morgan fingerprint density at radius 1 is 0.929 bits per heavy atom. The van der Waals surface area contributed by atoms with Crippen LogP contribution in [0.4, 0.5) is 26.3 Å². The van der Waals surface area contributed by atoms with Gasteiger partial charge in [0, 0.05) is 34.8 Å². The van der Waals surface area contributed by atoms with Crippen LogP contribution in [0.5, 0.6) is 11.5 Å². The Morgan fingerprint density at radius 2 is 1.60 bits per heavy atom. The lowest BCUT2D eigenvalue weighted by Gasteiger charge is -2.16. The number of fused-ring (bicyclic) bond motifs is 1. The molecule has 0 aliphatic rings. The van der Waals surface area contributed by atoms with E-state index in [0.717, 1.165) is 12.1 Å². The van der Waals surface area contributed by atoms with Gasteiger partial charge in [-0.15, -0.1) is 13.2 Å². The van der Waals surface area contributed by atoms with Crippen LogP contribution in [0.15, 0.2) is 66.7 Å². The van der Waals surface area contributed by atoms with Crippen molar-refractivity contribution in [3.8, 4) is 17.2 Å². The Kier molecular flexibility index (Phi) is 8.53. The third-order valence-electron chi connectivity index (χ3n) is 6.30. The van der Waals surface area contributed by atoms with E-state index in [1.165, 1.54) is 35.9 Å². The minimum Gasteiger partial charge on any atom is -0.497 e. The van der Waals surface area contributed by atoms with Crippen LogP contribution in [-0.4, -0.2) is 53.8 Å². The van der Waals surface area contributed by atoms with E-state index in [1.807, 2.05) is 0 Å². The molecular weight excluding hydrogens is 572 g/mol. The highest BCUT2D eigenvalue weighted by atomic mass is 19.4. The fraction of sp³-hybridized carbons (Fsp3) is 0.241. The van der Waals surface area contributed by atoms with Gasteiger partial charge in [0.25, 0.3) is 0 Å². The number of methoxy groups -OCH3 is 1. The number of nitrogens with zero attached hydrogens (tertiary/aromatic N) is 1. The van der Waals surface area contributed by atoms with Crippen molar-refractivity contribution in [2.45, 2.75) is 32.0 Å². The van der Waals surface area contributed by atoms with Crippen molar-refractivity contribution in [1.29, 1.82) is 0 Å². The second-order valence-corrected chi connectivity index (χ2v) is 9.21. The molecule has 0 spiro atoms. The van der Waals surface area contributed by atoms with Crippen LogP contribution in [0.3, 0.4) is 0 Å². The predicted molar refractivity (Wildman–Crippen MR) is 138 cm³/mol. The summed E-state index contributed by atoms with van der Waals surface area (Å²) in [5.74, 6) is -2.06. The topological polar surface area (TPSA) is 87.0 Å². The Bertz CT molecular complexity index is 1610. The monoisotopic (exact) mass is 595 g/mol. The molecule has 1 heterocycles. The van der Waals surface area contributed by atoms with Gasteiger partial charge in [0.1, 0.15) is 18.1 Å². The number of halogens is 6. The second-order valence-electron chi connectivity index (χ2n) is 9.21. The van der Waals surface area contributed by atoms with E-state index in [4.69, 9.17) is 4.74 Å². The summed E-state index contributed by atoms with van der Waals surface area (Å²) in [5.41, 5.74) is 1.58. The Morgan fingerprint density at radius 3 is 2.19 bits per heavy atom. The number of hydrogen-bond donors (Lipinski definition) is 1. The number of aliphatic carboxylic acids is 1. The number of carbonyl (C=O) groups is 2. The zero-order valence-corrected chi connectivity index (χ0v) is 22.0. The number of hydrogen-bond acceptors (Lipinski definition) is 5. The summed E-state index contributed by atoms with van der Waals surface area (Å²) in [6.45, 7) is -0.177. The molecule has 4 aromatic rings. The Balaban J connectivity index is 1.83. The number of carbonyl (C=O) groups excluding carboxylic acids is 1. The number of carboxylic acids is 1. The van der Waals surface area contributed by atoms with Gasteiger partial charge in [0.2, 0.25) is 0 Å². The van der Waals surface area contributed by atoms with E-state index in [-0.39, 0.29) is 22.2 Å². The average molecular weight is 595 g/mol. The van der Waals surface area contributed by atoms with Crippen LogP contribution in [0, 0.1) is 6.92 Å². The number of ether oxygens (including phenoxy) is 3. The highest BCUT2D eigenvalue weighted by Crippen LogP contribution is 2.35. The van der Waals surface area contributed by atoms with Crippen LogP contribution in [0.25, 0.3) is 16.6 Å². The fourth-order valence-electron chi connectivity index (χ4n) is 4.55. The maximum Gasteiger partial charge on any atom is 0.573 e. The summed E-state index contributed by atoms with van der Waals surface area (Å²) in [6.07, 6.45) is -12.0. The van der Waals surface area contributed by atoms with E-state index in [1.54, 1.807) is 37.3 Å². The largest absolute Gasteiger partial charge is 0.573 e. The van der Waals surface area contributed by atoms with Gasteiger partial charge < -0.3 is 23.9 Å². The molecule has 0 fully saturated rings. The molecule has 7 nitrogen and oxygen atoms in total. The molecule has 0 saturated carbocycles. The van der Waals surface area contributed by atoms with Gasteiger partial charge in [-0.1, -0.05) is 12.1 Å². The Labute approximate surface area is 234 Å². The van der Waals surface area contributed by atoms with Crippen molar-refractivity contribution in [2.75, 3.05) is 13.7 Å². The van der Waals surface area contributed by atoms with Gasteiger partial charge in [-0.2, -0.15) is 13.2 Å². The van der Waals surface area contributed by atoms with Crippen LogP contribution >= 0.6 is 0 Å². The highest BCUT2D eigenvalue weighted by Gasteiger charge is 2.33. The van der Waals surface area contributed by atoms with Crippen LogP contribution < -0.4 is 9.47 Å². The summed E-state index contributed by atoms with van der Waals surface area (Å²) in [4.78, 5) is 25.2. The lowest BCUT2D eigenvalue weighted by Crippen LogP contribution is -2.31. The molecule has 1 atom stereocenters. The number of rotatable bonds is 10. The van der Waals surface area contributed by atoms with E-state index in [9.17, 15) is 41.0 Å². The summed E-state index contributed by atoms with van der Waals surface area (Å²) >= 11 is 0. The summed E-state index contributed by atoms with van der Waals surface area (Å²) in [7, 11) is 1.46. The normalized spacial score (nSPS) is 12.8. The standard InChI is InChI=1S/C29H23F6NO6/c1-16-25(26(37)18-6-8-20(40-2)9-7-18)22-11-10-21(42-29(33,34)35)14-23(22)36(16)19-5-3-4-17(12-19)13-24(27(38)39)41-15-28(30,31)32/h3-12,14,24H,13,15H2,1-2H3,(H,38,39). The molecule has 1 unspecified atom stereocenters. The second kappa shape index (κ2) is 11.8. The lowest BCUT2D eigenvalue weighted by atomic mass is 10.0. The maximum absolute atomic E-state index is 13.6. The quantitative estimate of drug-likeness (QED) is 0.163. The number of carboxylic acid groups (broad SMARTS) is 1. The molecule has 0 amide bonds. The van der Waals surface area contributed by atoms with Gasteiger partial charge in [-0.25, -0.2) is 4.79 Å². The van der Waals surface area contributed by atoms with E-state index in [2.05, 4.69) is 9.47 Å². The van der Waals surface area contributed by atoms with Gasteiger partial charge in [0.05, 0.1) is 18.2 Å². The molecular formula is C29H23F6NO6. The number of ketones is 1. The molecule has 0 aliphatic heterocycles. The first-order valence-corrected chi connectivity index (χ1v) is 12.3. The van der Waals surface area contributed by atoms with E-state index in [0.29, 0.717) is 22.5 Å². The molecule has 3 aromatic carbocycles. The van der Waals surface area contributed by atoms with Gasteiger partial charge in [-0.3, -0.25) is 4.79 Å². The van der Waals surface area contributed by atoms with Gasteiger partial charge >= 0.3 is 18.5 Å². The molecule has 42 heavy (non-hydrogen) atoms. The van der Waals surface area contributed by atoms with Crippen LogP contribution in [-0.2, 0) is 16.0 Å². The Hall–Kier alpha value is -4.52. The van der Waals surface area contributed by atoms with Crippen LogP contribution in [0.1, 0.15) is 27.2 Å². The van der Waals surface area contributed by atoms with Crippen molar-refractivity contribution < 1.29 is 55.2 Å². The summed E-state index contributed by atoms with van der Waals surface area (Å²) < 4.78 is 92.2. The first-order chi connectivity index (χ1) is 19.7. The third-order valence-corrected chi connectivity index (χ3v) is 6.30. The maximum atomic E-state index is 13.6.